The Kier molecular flexibility index (Phi) is 6.14. The minimum absolute atomic E-state index is 0.146. The van der Waals surface area contributed by atoms with Gasteiger partial charge in [0.2, 0.25) is 5.91 Å². The van der Waals surface area contributed by atoms with Crippen molar-refractivity contribution < 1.29 is 9.59 Å². The molecule has 3 heterocycles. The van der Waals surface area contributed by atoms with Crippen molar-refractivity contribution in [3.05, 3.63) is 36.2 Å². The number of carbonyl (C=O) groups excluding carboxylic acids is 2. The molecule has 4 rings (SSSR count). The van der Waals surface area contributed by atoms with Gasteiger partial charge < -0.3 is 16.0 Å². The molecule has 1 aliphatic rings. The molecule has 10 heteroatoms. The first-order valence-corrected chi connectivity index (χ1v) is 11.5. The lowest BCUT2D eigenvalue weighted by molar-refractivity contribution is -0.113. The van der Waals surface area contributed by atoms with E-state index < -0.39 is 5.91 Å². The number of amides is 2. The first kappa shape index (κ1) is 20.5. The molecule has 156 valence electrons. The molecule has 1 saturated heterocycles. The molecule has 1 aromatic carbocycles. The van der Waals surface area contributed by atoms with E-state index in [-0.39, 0.29) is 17.2 Å². The van der Waals surface area contributed by atoms with Crippen LogP contribution in [-0.2, 0) is 4.79 Å². The minimum Gasteiger partial charge on any atom is -0.366 e. The van der Waals surface area contributed by atoms with Crippen LogP contribution in [0.1, 0.15) is 30.1 Å². The monoisotopic (exact) mass is 442 g/mol. The summed E-state index contributed by atoms with van der Waals surface area (Å²) < 4.78 is 0.890. The summed E-state index contributed by atoms with van der Waals surface area (Å²) in [5.41, 5.74) is 6.71. The highest BCUT2D eigenvalue weighted by molar-refractivity contribution is 8.00. The second-order valence-electron chi connectivity index (χ2n) is 7.24. The van der Waals surface area contributed by atoms with Crippen LogP contribution in [-0.4, -0.2) is 45.6 Å². The van der Waals surface area contributed by atoms with Crippen LogP contribution in [0, 0.1) is 5.92 Å². The van der Waals surface area contributed by atoms with Crippen molar-refractivity contribution >= 4 is 56.1 Å². The fourth-order valence-corrected chi connectivity index (χ4v) is 5.23. The normalized spacial score (nSPS) is 14.8. The fourth-order valence-electron chi connectivity index (χ4n) is 3.29. The number of fused-ring (bicyclic) bond motifs is 1. The number of carbonyl (C=O) groups is 2. The molecule has 3 aromatic rings. The summed E-state index contributed by atoms with van der Waals surface area (Å²) in [6.45, 7) is 4.28. The Labute approximate surface area is 182 Å². The van der Waals surface area contributed by atoms with Gasteiger partial charge in [-0.25, -0.2) is 9.97 Å². The zero-order valence-electron chi connectivity index (χ0n) is 16.5. The van der Waals surface area contributed by atoms with Crippen LogP contribution in [0.25, 0.3) is 10.3 Å². The van der Waals surface area contributed by atoms with Crippen molar-refractivity contribution in [1.29, 1.82) is 0 Å². The fraction of sp³-hybridized carbons (Fsp3) is 0.350. The summed E-state index contributed by atoms with van der Waals surface area (Å²) in [7, 11) is 0. The standard InChI is InChI=1S/C20H22N6O2S2/c1-12-6-8-26(9-7-12)20-25-18-16(30-20)19(23-11-22-18)29-10-15(27)24-14-5-3-2-4-13(14)17(21)28/h2-5,11-12H,6-10H2,1H3,(H2,21,28)(H,24,27). The third-order valence-electron chi connectivity index (χ3n) is 5.01. The Balaban J connectivity index is 1.45. The Hall–Kier alpha value is -2.72. The van der Waals surface area contributed by atoms with Gasteiger partial charge >= 0.3 is 0 Å². The lowest BCUT2D eigenvalue weighted by Crippen LogP contribution is -2.32. The van der Waals surface area contributed by atoms with Crippen molar-refractivity contribution in [3.8, 4) is 0 Å². The maximum Gasteiger partial charge on any atom is 0.250 e. The molecular formula is C20H22N6O2S2. The van der Waals surface area contributed by atoms with E-state index in [9.17, 15) is 9.59 Å². The van der Waals surface area contributed by atoms with E-state index in [0.717, 1.165) is 46.7 Å². The van der Waals surface area contributed by atoms with Gasteiger partial charge in [0.05, 0.1) is 17.0 Å². The summed E-state index contributed by atoms with van der Waals surface area (Å²) in [6.07, 6.45) is 3.80. The zero-order valence-corrected chi connectivity index (χ0v) is 18.1. The number of primary amides is 1. The van der Waals surface area contributed by atoms with E-state index in [1.807, 2.05) is 0 Å². The molecule has 0 saturated carbocycles. The van der Waals surface area contributed by atoms with E-state index in [1.54, 1.807) is 35.6 Å². The van der Waals surface area contributed by atoms with Gasteiger partial charge in [-0.1, -0.05) is 42.2 Å². The number of anilines is 2. The van der Waals surface area contributed by atoms with Crippen molar-refractivity contribution in [2.45, 2.75) is 24.8 Å². The highest BCUT2D eigenvalue weighted by Crippen LogP contribution is 2.35. The Bertz CT molecular complexity index is 1080. The predicted octanol–water partition coefficient (Wildman–Crippen LogP) is 3.15. The van der Waals surface area contributed by atoms with Gasteiger partial charge in [0.15, 0.2) is 10.8 Å². The summed E-state index contributed by atoms with van der Waals surface area (Å²) >= 11 is 2.89. The number of benzene rings is 1. The molecular weight excluding hydrogens is 420 g/mol. The molecule has 0 atom stereocenters. The first-order chi connectivity index (χ1) is 14.5. The molecule has 0 spiro atoms. The molecule has 0 radical (unpaired) electrons. The number of aromatic nitrogens is 3. The Morgan fingerprint density at radius 1 is 1.27 bits per heavy atom. The number of thioether (sulfide) groups is 1. The Morgan fingerprint density at radius 3 is 2.80 bits per heavy atom. The topological polar surface area (TPSA) is 114 Å². The molecule has 0 aliphatic carbocycles. The molecule has 1 fully saturated rings. The van der Waals surface area contributed by atoms with E-state index in [4.69, 9.17) is 5.73 Å². The van der Waals surface area contributed by atoms with Crippen LogP contribution < -0.4 is 16.0 Å². The van der Waals surface area contributed by atoms with Crippen molar-refractivity contribution in [2.24, 2.45) is 11.7 Å². The van der Waals surface area contributed by atoms with E-state index >= 15 is 0 Å². The molecule has 0 bridgehead atoms. The highest BCUT2D eigenvalue weighted by atomic mass is 32.2. The van der Waals surface area contributed by atoms with Gasteiger partial charge in [0.25, 0.3) is 5.91 Å². The van der Waals surface area contributed by atoms with E-state index in [0.29, 0.717) is 11.3 Å². The van der Waals surface area contributed by atoms with Crippen molar-refractivity contribution in [3.63, 3.8) is 0 Å². The molecule has 1 aliphatic heterocycles. The van der Waals surface area contributed by atoms with Gasteiger partial charge in [-0.2, -0.15) is 4.98 Å². The summed E-state index contributed by atoms with van der Waals surface area (Å²) in [5, 5.41) is 4.43. The van der Waals surface area contributed by atoms with Gasteiger partial charge in [-0.15, -0.1) is 0 Å². The van der Waals surface area contributed by atoms with Gasteiger partial charge in [0.1, 0.15) is 16.1 Å². The maximum atomic E-state index is 12.4. The number of thiazole rings is 1. The third kappa shape index (κ3) is 4.54. The lowest BCUT2D eigenvalue weighted by Gasteiger charge is -2.29. The van der Waals surface area contributed by atoms with Gasteiger partial charge in [0, 0.05) is 13.1 Å². The molecule has 3 N–H and O–H groups in total. The smallest absolute Gasteiger partial charge is 0.250 e. The SMILES string of the molecule is CC1CCN(c2nc3ncnc(SCC(=O)Nc4ccccc4C(N)=O)c3s2)CC1. The highest BCUT2D eigenvalue weighted by Gasteiger charge is 2.21. The first-order valence-electron chi connectivity index (χ1n) is 9.69. The molecule has 30 heavy (non-hydrogen) atoms. The predicted molar refractivity (Wildman–Crippen MR) is 120 cm³/mol. The van der Waals surface area contributed by atoms with Crippen LogP contribution >= 0.6 is 23.1 Å². The van der Waals surface area contributed by atoms with E-state index in [2.05, 4.69) is 32.1 Å². The molecule has 2 aromatic heterocycles. The average Bonchev–Trinajstić information content (AvgIpc) is 3.18. The largest absolute Gasteiger partial charge is 0.366 e. The van der Waals surface area contributed by atoms with Crippen LogP contribution in [0.2, 0.25) is 0 Å². The summed E-state index contributed by atoms with van der Waals surface area (Å²) in [6, 6.07) is 6.68. The maximum absolute atomic E-state index is 12.4. The number of piperidine rings is 1. The average molecular weight is 443 g/mol. The number of hydrogen-bond acceptors (Lipinski definition) is 8. The number of hydrogen-bond donors (Lipinski definition) is 2. The zero-order chi connectivity index (χ0) is 21.1. The molecule has 2 amide bonds. The summed E-state index contributed by atoms with van der Waals surface area (Å²) in [5.74, 6) is 0.0727. The number of nitrogens with one attached hydrogen (secondary N) is 1. The summed E-state index contributed by atoms with van der Waals surface area (Å²) in [4.78, 5) is 39.6. The minimum atomic E-state index is -0.583. The number of nitrogens with two attached hydrogens (primary N) is 1. The second-order valence-corrected chi connectivity index (χ2v) is 9.19. The van der Waals surface area contributed by atoms with Crippen LogP contribution in [0.4, 0.5) is 10.8 Å². The van der Waals surface area contributed by atoms with Crippen LogP contribution in [0.5, 0.6) is 0 Å². The van der Waals surface area contributed by atoms with Gasteiger partial charge in [-0.3, -0.25) is 9.59 Å². The number of para-hydroxylation sites is 1. The third-order valence-corrected chi connectivity index (χ3v) is 7.24. The second kappa shape index (κ2) is 8.97. The van der Waals surface area contributed by atoms with Gasteiger partial charge in [-0.05, 0) is 30.9 Å². The van der Waals surface area contributed by atoms with Crippen LogP contribution in [0.3, 0.4) is 0 Å². The number of nitrogens with zero attached hydrogens (tertiary/aromatic N) is 4. The Morgan fingerprint density at radius 2 is 2.03 bits per heavy atom. The lowest BCUT2D eigenvalue weighted by atomic mass is 10.00. The van der Waals surface area contributed by atoms with Crippen LogP contribution in [0.15, 0.2) is 35.6 Å². The molecule has 0 unspecified atom stereocenters. The van der Waals surface area contributed by atoms with E-state index in [1.165, 1.54) is 18.1 Å². The number of rotatable bonds is 6. The quantitative estimate of drug-likeness (QED) is 0.445. The van der Waals surface area contributed by atoms with Crippen molar-refractivity contribution in [1.82, 2.24) is 15.0 Å². The molecule has 8 nitrogen and oxygen atoms in total. The van der Waals surface area contributed by atoms with Crippen molar-refractivity contribution in [2.75, 3.05) is 29.1 Å².